The Kier molecular flexibility index (Phi) is 5.36. The number of hydrogen-bond donors (Lipinski definition) is 2. The Hall–Kier alpha value is 0.0200. The van der Waals surface area contributed by atoms with Crippen LogP contribution in [0, 0.1) is 0 Å². The molecule has 7 heteroatoms. The van der Waals surface area contributed by atoms with Gasteiger partial charge in [-0.15, -0.1) is 0 Å². The lowest BCUT2D eigenvalue weighted by Gasteiger charge is -2.24. The lowest BCUT2D eigenvalue weighted by Crippen LogP contribution is -2.45. The molecule has 1 heterocycles. The van der Waals surface area contributed by atoms with Crippen LogP contribution in [-0.4, -0.2) is 49.0 Å². The zero-order valence-electron chi connectivity index (χ0n) is 9.73. The fraction of sp³-hybridized carbons (Fsp3) is 1.00. The summed E-state index contributed by atoms with van der Waals surface area (Å²) in [6.07, 6.45) is 2.88. The van der Waals surface area contributed by atoms with Crippen molar-refractivity contribution in [2.45, 2.75) is 31.1 Å². The molecule has 2 N–H and O–H groups in total. The molecule has 0 aromatic heterocycles. The van der Waals surface area contributed by atoms with Crippen molar-refractivity contribution in [3.05, 3.63) is 0 Å². The first kappa shape index (κ1) is 14.1. The van der Waals surface area contributed by atoms with Crippen LogP contribution in [0.3, 0.4) is 0 Å². The second-order valence-electron chi connectivity index (χ2n) is 4.25. The minimum absolute atomic E-state index is 0.259. The van der Waals surface area contributed by atoms with Gasteiger partial charge in [-0.05, 0) is 32.9 Å². The van der Waals surface area contributed by atoms with E-state index in [1.807, 2.05) is 0 Å². The standard InChI is InChI=1S/C9H20N2O3S2/c1-8(7-15(2)12)11-16(13,14)9-3-5-10-6-4-9/h8-11H,3-7H2,1-2H3. The topological polar surface area (TPSA) is 75.3 Å². The number of rotatable bonds is 5. The van der Waals surface area contributed by atoms with Gasteiger partial charge in [-0.1, -0.05) is 0 Å². The van der Waals surface area contributed by atoms with Crippen molar-refractivity contribution >= 4 is 20.8 Å². The van der Waals surface area contributed by atoms with E-state index in [1.165, 1.54) is 0 Å². The molecule has 0 saturated carbocycles. The third-order valence-corrected chi connectivity index (χ3v) is 5.62. The van der Waals surface area contributed by atoms with E-state index in [0.29, 0.717) is 18.6 Å². The first-order valence-corrected chi connectivity index (χ1v) is 8.71. The Morgan fingerprint density at radius 3 is 2.50 bits per heavy atom. The predicted molar refractivity (Wildman–Crippen MR) is 66.3 cm³/mol. The number of sulfonamides is 1. The fourth-order valence-corrected chi connectivity index (χ4v) is 4.45. The zero-order valence-corrected chi connectivity index (χ0v) is 11.4. The average molecular weight is 268 g/mol. The van der Waals surface area contributed by atoms with Gasteiger partial charge < -0.3 is 5.32 Å². The summed E-state index contributed by atoms with van der Waals surface area (Å²) in [4.78, 5) is 0. The highest BCUT2D eigenvalue weighted by atomic mass is 32.2. The van der Waals surface area contributed by atoms with Crippen molar-refractivity contribution in [1.29, 1.82) is 0 Å². The van der Waals surface area contributed by atoms with Gasteiger partial charge in [0.15, 0.2) is 0 Å². The summed E-state index contributed by atoms with van der Waals surface area (Å²) < 4.78 is 37.5. The van der Waals surface area contributed by atoms with Crippen molar-refractivity contribution in [3.8, 4) is 0 Å². The third-order valence-electron chi connectivity index (χ3n) is 2.58. The minimum Gasteiger partial charge on any atom is -0.317 e. The van der Waals surface area contributed by atoms with Gasteiger partial charge in [-0.2, -0.15) is 0 Å². The first-order chi connectivity index (χ1) is 7.42. The molecule has 1 fully saturated rings. The largest absolute Gasteiger partial charge is 0.317 e. The van der Waals surface area contributed by atoms with E-state index < -0.39 is 20.8 Å². The molecule has 2 unspecified atom stereocenters. The van der Waals surface area contributed by atoms with E-state index in [4.69, 9.17) is 0 Å². The number of nitrogens with one attached hydrogen (secondary N) is 2. The fourth-order valence-electron chi connectivity index (χ4n) is 1.87. The van der Waals surface area contributed by atoms with Gasteiger partial charge in [0.05, 0.1) is 5.25 Å². The summed E-state index contributed by atoms with van der Waals surface area (Å²) in [5.74, 6) is 0.365. The minimum atomic E-state index is -3.25. The van der Waals surface area contributed by atoms with Crippen molar-refractivity contribution in [2.75, 3.05) is 25.1 Å². The summed E-state index contributed by atoms with van der Waals surface area (Å²) in [6.45, 7) is 3.25. The van der Waals surface area contributed by atoms with Crippen LogP contribution in [0.15, 0.2) is 0 Å². The number of hydrogen-bond acceptors (Lipinski definition) is 4. The van der Waals surface area contributed by atoms with E-state index in [1.54, 1.807) is 13.2 Å². The SMILES string of the molecule is CC(CS(C)=O)NS(=O)(=O)C1CCNCC1. The van der Waals surface area contributed by atoms with Gasteiger partial charge in [0, 0.05) is 28.9 Å². The van der Waals surface area contributed by atoms with Crippen molar-refractivity contribution in [1.82, 2.24) is 10.0 Å². The van der Waals surface area contributed by atoms with Crippen LogP contribution < -0.4 is 10.0 Å². The monoisotopic (exact) mass is 268 g/mol. The molecule has 0 aromatic carbocycles. The van der Waals surface area contributed by atoms with Crippen LogP contribution in [0.5, 0.6) is 0 Å². The molecule has 0 spiro atoms. The van der Waals surface area contributed by atoms with E-state index in [-0.39, 0.29) is 11.3 Å². The van der Waals surface area contributed by atoms with Crippen LogP contribution in [0.4, 0.5) is 0 Å². The molecule has 0 aromatic rings. The lowest BCUT2D eigenvalue weighted by molar-refractivity contribution is 0.485. The molecule has 0 aliphatic carbocycles. The molecular formula is C9H20N2O3S2. The Labute approximate surface area is 99.9 Å². The molecule has 5 nitrogen and oxygen atoms in total. The van der Waals surface area contributed by atoms with Crippen LogP contribution >= 0.6 is 0 Å². The molecule has 96 valence electrons. The Balaban J connectivity index is 2.53. The molecule has 1 rings (SSSR count). The van der Waals surface area contributed by atoms with Crippen molar-refractivity contribution in [3.63, 3.8) is 0 Å². The Bertz CT molecular complexity index is 337. The van der Waals surface area contributed by atoms with Gasteiger partial charge in [0.25, 0.3) is 0 Å². The average Bonchev–Trinajstić information content (AvgIpc) is 2.16. The predicted octanol–water partition coefficient (Wildman–Crippen LogP) is -0.575. The molecule has 0 radical (unpaired) electrons. The van der Waals surface area contributed by atoms with E-state index in [0.717, 1.165) is 13.1 Å². The quantitative estimate of drug-likeness (QED) is 0.700. The molecule has 1 saturated heterocycles. The summed E-state index contributed by atoms with van der Waals surface area (Å²) >= 11 is 0. The highest BCUT2D eigenvalue weighted by molar-refractivity contribution is 7.90. The highest BCUT2D eigenvalue weighted by Gasteiger charge is 2.28. The summed E-state index contributed by atoms with van der Waals surface area (Å²) in [5, 5.41) is 2.83. The summed E-state index contributed by atoms with van der Waals surface area (Å²) in [6, 6.07) is -0.259. The van der Waals surface area contributed by atoms with Crippen molar-refractivity contribution in [2.24, 2.45) is 0 Å². The van der Waals surface area contributed by atoms with Crippen LogP contribution in [0.25, 0.3) is 0 Å². The maximum atomic E-state index is 11.9. The van der Waals surface area contributed by atoms with Gasteiger partial charge in [-0.3, -0.25) is 4.21 Å². The van der Waals surface area contributed by atoms with Gasteiger partial charge in [0.1, 0.15) is 0 Å². The molecule has 0 bridgehead atoms. The van der Waals surface area contributed by atoms with Gasteiger partial charge in [-0.25, -0.2) is 13.1 Å². The second-order valence-corrected chi connectivity index (χ2v) is 7.73. The maximum Gasteiger partial charge on any atom is 0.214 e. The third kappa shape index (κ3) is 4.48. The molecular weight excluding hydrogens is 248 g/mol. The second kappa shape index (κ2) is 6.09. The van der Waals surface area contributed by atoms with Gasteiger partial charge in [0.2, 0.25) is 10.0 Å². The normalized spacial score (nSPS) is 22.9. The van der Waals surface area contributed by atoms with Gasteiger partial charge >= 0.3 is 0 Å². The Morgan fingerprint density at radius 1 is 1.44 bits per heavy atom. The lowest BCUT2D eigenvalue weighted by atomic mass is 10.2. The van der Waals surface area contributed by atoms with Crippen LogP contribution in [-0.2, 0) is 20.8 Å². The summed E-state index contributed by atoms with van der Waals surface area (Å²) in [5.41, 5.74) is 0. The first-order valence-electron chi connectivity index (χ1n) is 5.43. The molecule has 0 amide bonds. The van der Waals surface area contributed by atoms with E-state index >= 15 is 0 Å². The van der Waals surface area contributed by atoms with E-state index in [2.05, 4.69) is 10.0 Å². The maximum absolute atomic E-state index is 11.9. The van der Waals surface area contributed by atoms with Crippen LogP contribution in [0.2, 0.25) is 0 Å². The molecule has 16 heavy (non-hydrogen) atoms. The smallest absolute Gasteiger partial charge is 0.214 e. The zero-order chi connectivity index (χ0) is 12.2. The van der Waals surface area contributed by atoms with Crippen LogP contribution in [0.1, 0.15) is 19.8 Å². The number of piperidine rings is 1. The highest BCUT2D eigenvalue weighted by Crippen LogP contribution is 2.12. The van der Waals surface area contributed by atoms with Crippen molar-refractivity contribution < 1.29 is 12.6 Å². The van der Waals surface area contributed by atoms with E-state index in [9.17, 15) is 12.6 Å². The summed E-state index contributed by atoms with van der Waals surface area (Å²) in [7, 11) is -4.23. The molecule has 2 atom stereocenters. The molecule has 1 aliphatic heterocycles. The Morgan fingerprint density at radius 2 is 2.00 bits per heavy atom. The molecule has 1 aliphatic rings.